The number of aliphatic hydroxyl groups is 1. The Hall–Kier alpha value is -2.24. The molecule has 0 radical (unpaired) electrons. The molecule has 5 heteroatoms. The number of aliphatic hydroxyl groups excluding tert-OH is 1. The first-order chi connectivity index (χ1) is 9.66. The van der Waals surface area contributed by atoms with Gasteiger partial charge < -0.3 is 5.11 Å². The van der Waals surface area contributed by atoms with Gasteiger partial charge in [-0.1, -0.05) is 30.3 Å². The number of nitrogens with zero attached hydrogens (tertiary/aromatic N) is 1. The fourth-order valence-electron chi connectivity index (χ4n) is 2.18. The highest BCUT2D eigenvalue weighted by Crippen LogP contribution is 2.36. The summed E-state index contributed by atoms with van der Waals surface area (Å²) in [6.45, 7) is 0. The van der Waals surface area contributed by atoms with Gasteiger partial charge in [0.05, 0.1) is 10.5 Å². The smallest absolute Gasteiger partial charge is 0.275 e. The van der Waals surface area contributed by atoms with E-state index in [9.17, 15) is 15.2 Å². The first-order valence-corrected chi connectivity index (χ1v) is 6.88. The molecule has 0 aliphatic rings. The number of rotatable bonds is 3. The van der Waals surface area contributed by atoms with Crippen LogP contribution in [0.5, 0.6) is 0 Å². The zero-order valence-corrected chi connectivity index (χ0v) is 11.2. The molecular weight excluding hydrogens is 274 g/mol. The molecule has 0 saturated carbocycles. The van der Waals surface area contributed by atoms with Crippen molar-refractivity contribution in [2.75, 3.05) is 0 Å². The van der Waals surface area contributed by atoms with Gasteiger partial charge in [-0.05, 0) is 23.6 Å². The van der Waals surface area contributed by atoms with Gasteiger partial charge in [-0.25, -0.2) is 0 Å². The summed E-state index contributed by atoms with van der Waals surface area (Å²) in [7, 11) is 0. The topological polar surface area (TPSA) is 63.4 Å². The zero-order chi connectivity index (χ0) is 14.1. The molecule has 1 atom stereocenters. The van der Waals surface area contributed by atoms with Crippen LogP contribution in [0.1, 0.15) is 16.5 Å². The summed E-state index contributed by atoms with van der Waals surface area (Å²) in [4.78, 5) is 11.3. The molecule has 0 fully saturated rings. The van der Waals surface area contributed by atoms with Gasteiger partial charge in [-0.3, -0.25) is 10.1 Å². The third-order valence-electron chi connectivity index (χ3n) is 3.14. The minimum Gasteiger partial charge on any atom is -0.383 e. The van der Waals surface area contributed by atoms with Gasteiger partial charge >= 0.3 is 0 Å². The summed E-state index contributed by atoms with van der Waals surface area (Å²) >= 11 is 1.45. The van der Waals surface area contributed by atoms with Crippen LogP contribution in [0.4, 0.5) is 5.69 Å². The van der Waals surface area contributed by atoms with E-state index in [4.69, 9.17) is 0 Å². The van der Waals surface area contributed by atoms with Crippen molar-refractivity contribution in [2.45, 2.75) is 6.10 Å². The summed E-state index contributed by atoms with van der Waals surface area (Å²) in [6, 6.07) is 16.0. The Kier molecular flexibility index (Phi) is 3.22. The van der Waals surface area contributed by atoms with Gasteiger partial charge in [0.1, 0.15) is 6.10 Å². The Labute approximate surface area is 119 Å². The maximum atomic E-state index is 11.0. The normalized spacial score (nSPS) is 12.4. The van der Waals surface area contributed by atoms with Gasteiger partial charge in [0.2, 0.25) is 0 Å². The largest absolute Gasteiger partial charge is 0.383 e. The van der Waals surface area contributed by atoms with Gasteiger partial charge in [0, 0.05) is 15.6 Å². The van der Waals surface area contributed by atoms with Crippen LogP contribution in [0, 0.1) is 10.1 Å². The molecule has 0 spiro atoms. The number of hydrogen-bond acceptors (Lipinski definition) is 4. The first kappa shape index (κ1) is 12.8. The van der Waals surface area contributed by atoms with E-state index in [0.29, 0.717) is 10.4 Å². The van der Waals surface area contributed by atoms with Crippen LogP contribution in [0.2, 0.25) is 0 Å². The summed E-state index contributed by atoms with van der Waals surface area (Å²) in [5.74, 6) is 0. The Bertz CT molecular complexity index is 748. The Morgan fingerprint density at radius 1 is 1.10 bits per heavy atom. The molecule has 0 saturated heterocycles. The second kappa shape index (κ2) is 5.03. The summed E-state index contributed by atoms with van der Waals surface area (Å²) < 4.78 is 1.06. The summed E-state index contributed by atoms with van der Waals surface area (Å²) in [5, 5.41) is 22.5. The Morgan fingerprint density at radius 3 is 2.55 bits per heavy atom. The van der Waals surface area contributed by atoms with E-state index in [-0.39, 0.29) is 5.69 Å². The lowest BCUT2D eigenvalue weighted by atomic mass is 10.1. The molecule has 100 valence electrons. The average Bonchev–Trinajstić information content (AvgIpc) is 2.90. The molecule has 1 unspecified atom stereocenters. The van der Waals surface area contributed by atoms with Crippen molar-refractivity contribution >= 4 is 27.1 Å². The van der Waals surface area contributed by atoms with Crippen LogP contribution in [0.25, 0.3) is 10.1 Å². The average molecular weight is 285 g/mol. The molecule has 0 aliphatic heterocycles. The molecular formula is C15H11NO3S. The van der Waals surface area contributed by atoms with Crippen LogP contribution >= 0.6 is 11.3 Å². The number of nitro benzene ring substituents is 1. The first-order valence-electron chi connectivity index (χ1n) is 6.06. The lowest BCUT2D eigenvalue weighted by molar-refractivity contribution is -0.386. The molecule has 1 aromatic heterocycles. The van der Waals surface area contributed by atoms with Crippen LogP contribution in [0.15, 0.2) is 54.6 Å². The van der Waals surface area contributed by atoms with Crippen LogP contribution < -0.4 is 0 Å². The molecule has 0 aliphatic carbocycles. The quantitative estimate of drug-likeness (QED) is 0.586. The minimum absolute atomic E-state index is 0.0579. The van der Waals surface area contributed by atoms with Crippen molar-refractivity contribution in [1.29, 1.82) is 0 Å². The van der Waals surface area contributed by atoms with Crippen molar-refractivity contribution in [3.8, 4) is 0 Å². The Balaban J connectivity index is 2.08. The highest BCUT2D eigenvalue weighted by atomic mass is 32.1. The molecule has 20 heavy (non-hydrogen) atoms. The van der Waals surface area contributed by atoms with E-state index in [2.05, 4.69) is 0 Å². The van der Waals surface area contributed by atoms with Crippen molar-refractivity contribution in [1.82, 2.24) is 0 Å². The maximum absolute atomic E-state index is 11.0. The van der Waals surface area contributed by atoms with E-state index in [0.717, 1.165) is 10.1 Å². The Morgan fingerprint density at radius 2 is 1.80 bits per heavy atom. The van der Waals surface area contributed by atoms with Crippen LogP contribution in [-0.2, 0) is 0 Å². The lowest BCUT2D eigenvalue weighted by Gasteiger charge is -2.08. The monoisotopic (exact) mass is 285 g/mol. The highest BCUT2D eigenvalue weighted by molar-refractivity contribution is 7.19. The molecule has 1 N–H and O–H groups in total. The van der Waals surface area contributed by atoms with E-state index in [1.807, 2.05) is 30.3 Å². The third-order valence-corrected chi connectivity index (χ3v) is 4.31. The van der Waals surface area contributed by atoms with E-state index in [1.165, 1.54) is 17.4 Å². The fraction of sp³-hybridized carbons (Fsp3) is 0.0667. The maximum Gasteiger partial charge on any atom is 0.275 e. The van der Waals surface area contributed by atoms with Crippen molar-refractivity contribution in [3.05, 3.63) is 75.2 Å². The lowest BCUT2D eigenvalue weighted by Crippen LogP contribution is -2.02. The van der Waals surface area contributed by atoms with Gasteiger partial charge in [-0.15, -0.1) is 11.3 Å². The number of benzene rings is 2. The van der Waals surface area contributed by atoms with Gasteiger partial charge in [0.25, 0.3) is 5.69 Å². The predicted octanol–water partition coefficient (Wildman–Crippen LogP) is 3.89. The van der Waals surface area contributed by atoms with E-state index >= 15 is 0 Å². The number of fused-ring (bicyclic) bond motifs is 1. The molecule has 1 heterocycles. The molecule has 3 rings (SSSR count). The zero-order valence-electron chi connectivity index (χ0n) is 10.4. The standard InChI is InChI=1S/C15H11NO3S/c17-15(11-6-2-3-7-12(11)16(18)19)14-9-10-5-1-4-8-13(10)20-14/h1-9,15,17H. The minimum atomic E-state index is -0.978. The van der Waals surface area contributed by atoms with Crippen LogP contribution in [0.3, 0.4) is 0 Å². The van der Waals surface area contributed by atoms with Gasteiger partial charge in [0.15, 0.2) is 0 Å². The second-order valence-corrected chi connectivity index (χ2v) is 5.52. The predicted molar refractivity (Wildman–Crippen MR) is 79.0 cm³/mol. The summed E-state index contributed by atoms with van der Waals surface area (Å²) in [6.07, 6.45) is -0.978. The molecule has 2 aromatic carbocycles. The number of hydrogen-bond donors (Lipinski definition) is 1. The number of thiophene rings is 1. The molecule has 0 bridgehead atoms. The van der Waals surface area contributed by atoms with Crippen LogP contribution in [-0.4, -0.2) is 10.0 Å². The number of nitro groups is 1. The fourth-order valence-corrected chi connectivity index (χ4v) is 3.25. The molecule has 0 amide bonds. The third kappa shape index (κ3) is 2.17. The molecule has 4 nitrogen and oxygen atoms in total. The van der Waals surface area contributed by atoms with E-state index < -0.39 is 11.0 Å². The van der Waals surface area contributed by atoms with E-state index in [1.54, 1.807) is 18.2 Å². The highest BCUT2D eigenvalue weighted by Gasteiger charge is 2.22. The van der Waals surface area contributed by atoms with Gasteiger partial charge in [-0.2, -0.15) is 0 Å². The summed E-state index contributed by atoms with van der Waals surface area (Å²) in [5.41, 5.74) is 0.265. The number of para-hydroxylation sites is 1. The van der Waals surface area contributed by atoms with Crippen molar-refractivity contribution in [3.63, 3.8) is 0 Å². The van der Waals surface area contributed by atoms with Crippen molar-refractivity contribution < 1.29 is 10.0 Å². The SMILES string of the molecule is O=[N+]([O-])c1ccccc1C(O)c1cc2ccccc2s1. The molecule has 3 aromatic rings. The second-order valence-electron chi connectivity index (χ2n) is 4.41. The van der Waals surface area contributed by atoms with Crippen molar-refractivity contribution in [2.24, 2.45) is 0 Å².